The molecule has 0 atom stereocenters. The maximum Gasteiger partial charge on any atom is 0.264 e. The van der Waals surface area contributed by atoms with Gasteiger partial charge in [-0.2, -0.15) is 5.10 Å². The smallest absolute Gasteiger partial charge is 0.264 e. The number of benzene rings is 3. The number of nitrogens with one attached hydrogen (secondary N) is 1. The van der Waals surface area contributed by atoms with Crippen molar-refractivity contribution in [2.24, 2.45) is 5.10 Å². The Labute approximate surface area is 207 Å². The third-order valence-electron chi connectivity index (χ3n) is 5.31. The van der Waals surface area contributed by atoms with Gasteiger partial charge < -0.3 is 4.74 Å². The maximum absolute atomic E-state index is 13.5. The molecule has 0 saturated carbocycles. The quantitative estimate of drug-likeness (QED) is 0.224. The van der Waals surface area contributed by atoms with Crippen LogP contribution in [0.1, 0.15) is 37.8 Å². The summed E-state index contributed by atoms with van der Waals surface area (Å²) in [7, 11) is -3.97. The van der Waals surface area contributed by atoms with E-state index in [1.54, 1.807) is 30.3 Å². The number of unbranched alkanes of at least 4 members (excludes halogenated alkanes) is 1. The van der Waals surface area contributed by atoms with E-state index in [9.17, 15) is 13.2 Å². The van der Waals surface area contributed by atoms with Crippen LogP contribution < -0.4 is 14.5 Å². The Kier molecular flexibility index (Phi) is 9.43. The summed E-state index contributed by atoms with van der Waals surface area (Å²) in [5.41, 5.74) is 4.51. The predicted octanol–water partition coefficient (Wildman–Crippen LogP) is 4.77. The van der Waals surface area contributed by atoms with E-state index in [-0.39, 0.29) is 4.90 Å². The van der Waals surface area contributed by atoms with Crippen molar-refractivity contribution in [1.82, 2.24) is 5.43 Å². The second kappa shape index (κ2) is 12.7. The van der Waals surface area contributed by atoms with Crippen LogP contribution in [0.4, 0.5) is 5.69 Å². The number of aryl methyl sites for hydroxylation is 1. The van der Waals surface area contributed by atoms with E-state index in [4.69, 9.17) is 4.74 Å². The van der Waals surface area contributed by atoms with Gasteiger partial charge in [-0.25, -0.2) is 13.8 Å². The fraction of sp³-hybridized carbons (Fsp3) is 0.259. The van der Waals surface area contributed by atoms with E-state index in [0.717, 1.165) is 34.0 Å². The van der Waals surface area contributed by atoms with Crippen molar-refractivity contribution in [3.8, 4) is 5.75 Å². The van der Waals surface area contributed by atoms with E-state index in [2.05, 4.69) is 17.5 Å². The minimum atomic E-state index is -3.97. The Balaban J connectivity index is 1.74. The van der Waals surface area contributed by atoms with Gasteiger partial charge in [0.1, 0.15) is 12.3 Å². The molecule has 1 N–H and O–H groups in total. The number of anilines is 1. The van der Waals surface area contributed by atoms with Crippen molar-refractivity contribution < 1.29 is 17.9 Å². The first-order valence-electron chi connectivity index (χ1n) is 11.7. The van der Waals surface area contributed by atoms with Crippen molar-refractivity contribution in [1.29, 1.82) is 0 Å². The molecule has 3 aromatic rings. The third-order valence-corrected chi connectivity index (χ3v) is 7.08. The molecule has 3 rings (SSSR count). The van der Waals surface area contributed by atoms with Gasteiger partial charge in [-0.15, -0.1) is 0 Å². The number of carbonyl (C=O) groups is 1. The number of hydrogen-bond donors (Lipinski definition) is 1. The molecule has 0 aliphatic rings. The number of hydrazone groups is 1. The first-order valence-corrected chi connectivity index (χ1v) is 13.1. The molecule has 0 unspecified atom stereocenters. The number of hydrogen-bond acceptors (Lipinski definition) is 5. The zero-order chi connectivity index (χ0) is 25.1. The van der Waals surface area contributed by atoms with Crippen LogP contribution in [0.15, 0.2) is 88.9 Å². The molecule has 1 amide bonds. The van der Waals surface area contributed by atoms with Crippen LogP contribution in [0.2, 0.25) is 0 Å². The largest absolute Gasteiger partial charge is 0.494 e. The van der Waals surface area contributed by atoms with Gasteiger partial charge >= 0.3 is 0 Å². The van der Waals surface area contributed by atoms with E-state index >= 15 is 0 Å². The fourth-order valence-corrected chi connectivity index (χ4v) is 4.88. The Morgan fingerprint density at radius 2 is 1.66 bits per heavy atom. The minimum absolute atomic E-state index is 0.114. The highest BCUT2D eigenvalue weighted by Gasteiger charge is 2.28. The number of rotatable bonds is 12. The lowest BCUT2D eigenvalue weighted by Gasteiger charge is -2.25. The molecular weight excluding hydrogens is 462 g/mol. The molecule has 0 heterocycles. The molecule has 184 valence electrons. The highest BCUT2D eigenvalue weighted by Crippen LogP contribution is 2.27. The van der Waals surface area contributed by atoms with E-state index in [0.29, 0.717) is 18.7 Å². The average Bonchev–Trinajstić information content (AvgIpc) is 2.89. The first-order chi connectivity index (χ1) is 17.0. The van der Waals surface area contributed by atoms with Crippen LogP contribution in [0.5, 0.6) is 5.75 Å². The number of para-hydroxylation sites is 1. The summed E-state index contributed by atoms with van der Waals surface area (Å²) in [5, 5.41) is 4.00. The summed E-state index contributed by atoms with van der Waals surface area (Å²) < 4.78 is 33.7. The number of ether oxygens (including phenoxy) is 1. The molecule has 0 fully saturated rings. The van der Waals surface area contributed by atoms with E-state index in [1.807, 2.05) is 43.3 Å². The van der Waals surface area contributed by atoms with Crippen LogP contribution in [-0.4, -0.2) is 33.7 Å². The summed E-state index contributed by atoms with van der Waals surface area (Å²) in [4.78, 5) is 12.9. The van der Waals surface area contributed by atoms with Crippen molar-refractivity contribution in [2.75, 3.05) is 17.5 Å². The summed E-state index contributed by atoms with van der Waals surface area (Å²) >= 11 is 0. The molecule has 35 heavy (non-hydrogen) atoms. The van der Waals surface area contributed by atoms with E-state index < -0.39 is 22.5 Å². The van der Waals surface area contributed by atoms with Gasteiger partial charge in [0.05, 0.1) is 23.4 Å². The Morgan fingerprint density at radius 1 is 0.971 bits per heavy atom. The van der Waals surface area contributed by atoms with Gasteiger partial charge in [-0.05, 0) is 66.4 Å². The normalized spacial score (nSPS) is 11.4. The Bertz CT molecular complexity index is 1230. The van der Waals surface area contributed by atoms with Gasteiger partial charge in [0.25, 0.3) is 15.9 Å². The predicted molar refractivity (Wildman–Crippen MR) is 139 cm³/mol. The lowest BCUT2D eigenvalue weighted by molar-refractivity contribution is -0.119. The molecule has 0 radical (unpaired) electrons. The Morgan fingerprint density at radius 3 is 2.34 bits per heavy atom. The minimum Gasteiger partial charge on any atom is -0.494 e. The summed E-state index contributed by atoms with van der Waals surface area (Å²) in [5.74, 6) is 0.224. The summed E-state index contributed by atoms with van der Waals surface area (Å²) in [6.07, 6.45) is 4.19. The van der Waals surface area contributed by atoms with Crippen LogP contribution in [0.3, 0.4) is 0 Å². The lowest BCUT2D eigenvalue weighted by atomic mass is 10.1. The molecule has 7 nitrogen and oxygen atoms in total. The molecule has 0 bridgehead atoms. The SMILES string of the molecule is CCCCOc1ccc(/C=N/NC(=O)CN(c2ccccc2CC)S(=O)(=O)c2ccccc2)cc1. The van der Waals surface area contributed by atoms with Gasteiger partial charge in [-0.1, -0.05) is 56.7 Å². The topological polar surface area (TPSA) is 88.1 Å². The van der Waals surface area contributed by atoms with Crippen LogP contribution in [-0.2, 0) is 21.2 Å². The van der Waals surface area contributed by atoms with Crippen molar-refractivity contribution in [3.63, 3.8) is 0 Å². The second-order valence-electron chi connectivity index (χ2n) is 7.87. The van der Waals surface area contributed by atoms with Crippen LogP contribution >= 0.6 is 0 Å². The fourth-order valence-electron chi connectivity index (χ4n) is 3.40. The highest BCUT2D eigenvalue weighted by molar-refractivity contribution is 7.92. The van der Waals surface area contributed by atoms with Gasteiger partial charge in [0, 0.05) is 0 Å². The van der Waals surface area contributed by atoms with Gasteiger partial charge in [0.15, 0.2) is 0 Å². The molecule has 3 aromatic carbocycles. The number of sulfonamides is 1. The maximum atomic E-state index is 13.5. The average molecular weight is 494 g/mol. The molecule has 0 aromatic heterocycles. The highest BCUT2D eigenvalue weighted by atomic mass is 32.2. The number of nitrogens with zero attached hydrogens (tertiary/aromatic N) is 2. The summed E-state index contributed by atoms with van der Waals surface area (Å²) in [6, 6.07) is 22.6. The monoisotopic (exact) mass is 493 g/mol. The zero-order valence-electron chi connectivity index (χ0n) is 20.1. The van der Waals surface area contributed by atoms with Crippen molar-refractivity contribution in [2.45, 2.75) is 38.0 Å². The number of amides is 1. The third kappa shape index (κ3) is 7.16. The standard InChI is InChI=1S/C27H31N3O4S/c1-3-5-19-34-24-17-15-22(16-18-24)20-28-29-27(31)21-30(26-14-10-9-11-23(26)4-2)35(32,33)25-12-7-6-8-13-25/h6-18,20H,3-5,19,21H2,1-2H3,(H,29,31)/b28-20+. The molecular formula is C27H31N3O4S. The number of carbonyl (C=O) groups excluding carboxylic acids is 1. The van der Waals surface area contributed by atoms with Crippen molar-refractivity contribution >= 4 is 27.8 Å². The van der Waals surface area contributed by atoms with Crippen LogP contribution in [0.25, 0.3) is 0 Å². The lowest BCUT2D eigenvalue weighted by Crippen LogP contribution is -2.40. The van der Waals surface area contributed by atoms with Crippen LogP contribution in [0, 0.1) is 0 Å². The first kappa shape index (κ1) is 26.0. The molecule has 0 aliphatic carbocycles. The zero-order valence-corrected chi connectivity index (χ0v) is 20.9. The summed E-state index contributed by atoms with van der Waals surface area (Å²) in [6.45, 7) is 4.31. The van der Waals surface area contributed by atoms with E-state index in [1.165, 1.54) is 18.3 Å². The Hall–Kier alpha value is -3.65. The molecule has 0 aliphatic heterocycles. The molecule has 0 saturated heterocycles. The van der Waals surface area contributed by atoms with Gasteiger partial charge in [-0.3, -0.25) is 9.10 Å². The van der Waals surface area contributed by atoms with Crippen molar-refractivity contribution in [3.05, 3.63) is 90.0 Å². The second-order valence-corrected chi connectivity index (χ2v) is 9.73. The van der Waals surface area contributed by atoms with Gasteiger partial charge in [0.2, 0.25) is 0 Å². The molecule has 8 heteroatoms. The molecule has 0 spiro atoms.